The maximum absolute atomic E-state index is 12.6. The summed E-state index contributed by atoms with van der Waals surface area (Å²) >= 11 is 0. The Labute approximate surface area is 300 Å². The van der Waals surface area contributed by atoms with Crippen molar-refractivity contribution in [3.63, 3.8) is 0 Å². The first-order valence-electron chi connectivity index (χ1n) is 19.5. The molecule has 0 N–H and O–H groups in total. The lowest BCUT2D eigenvalue weighted by atomic mass is 10.1. The minimum absolute atomic E-state index is 0.0220. The van der Waals surface area contributed by atoms with Crippen molar-refractivity contribution in [2.24, 2.45) is 0 Å². The van der Waals surface area contributed by atoms with Crippen LogP contribution in [0.4, 0.5) is 0 Å². The van der Waals surface area contributed by atoms with Crippen LogP contribution in [0.15, 0.2) is 36.5 Å². The molecule has 2 atom stereocenters. The van der Waals surface area contributed by atoms with Crippen molar-refractivity contribution in [1.82, 2.24) is 0 Å². The Balaban J connectivity index is 4.47. The fraction of sp³-hybridized carbons (Fsp3) is 0.780. The highest BCUT2D eigenvalue weighted by Crippen LogP contribution is 2.12. The molecular formula is C41H73NO7. The number of unbranched alkanes of at least 4 members (excludes halogenated alkanes) is 14. The van der Waals surface area contributed by atoms with Gasteiger partial charge in [0, 0.05) is 19.3 Å². The highest BCUT2D eigenvalue weighted by Gasteiger charge is 2.25. The smallest absolute Gasteiger partial charge is 0.306 e. The average molecular weight is 692 g/mol. The second-order valence-corrected chi connectivity index (χ2v) is 14.2. The number of carbonyl (C=O) groups is 3. The number of ether oxygens (including phenoxy) is 3. The number of esters is 2. The molecule has 0 radical (unpaired) electrons. The van der Waals surface area contributed by atoms with Crippen molar-refractivity contribution in [2.75, 3.05) is 41.0 Å². The van der Waals surface area contributed by atoms with E-state index in [0.717, 1.165) is 38.5 Å². The number of allylic oxidation sites excluding steroid dienone is 6. The zero-order valence-electron chi connectivity index (χ0n) is 32.1. The lowest BCUT2D eigenvalue weighted by Gasteiger charge is -2.34. The van der Waals surface area contributed by atoms with Gasteiger partial charge in [0.25, 0.3) is 0 Å². The second-order valence-electron chi connectivity index (χ2n) is 14.2. The molecule has 8 heteroatoms. The maximum atomic E-state index is 12.6. The Morgan fingerprint density at radius 2 is 1.10 bits per heavy atom. The molecule has 0 amide bonds. The molecule has 0 bridgehead atoms. The van der Waals surface area contributed by atoms with Gasteiger partial charge in [-0.05, 0) is 44.9 Å². The van der Waals surface area contributed by atoms with Crippen molar-refractivity contribution in [3.8, 4) is 0 Å². The number of hydrogen-bond acceptors (Lipinski definition) is 7. The van der Waals surface area contributed by atoms with Crippen molar-refractivity contribution < 1.29 is 38.2 Å². The fourth-order valence-corrected chi connectivity index (χ4v) is 5.44. The van der Waals surface area contributed by atoms with E-state index >= 15 is 0 Å². The Hall–Kier alpha value is -2.45. The van der Waals surface area contributed by atoms with E-state index in [1.54, 1.807) is 21.1 Å². The van der Waals surface area contributed by atoms with E-state index in [-0.39, 0.29) is 49.1 Å². The number of likely N-dealkylation sites (N-methyl/N-ethyl adjacent to an activating group) is 1. The number of aliphatic carboxylic acids is 1. The molecule has 0 aliphatic heterocycles. The van der Waals surface area contributed by atoms with Crippen molar-refractivity contribution >= 4 is 17.9 Å². The lowest BCUT2D eigenvalue weighted by Crippen LogP contribution is -2.55. The van der Waals surface area contributed by atoms with E-state index in [1.807, 2.05) is 0 Å². The SMILES string of the molecule is CCCCCCCC/C=C/C/C=C/C/C=C/CCCC(=O)OC(COCCC(C(=O)[O-])[N+](C)(C)C)COC(=O)CCCCCCCCCC. The van der Waals surface area contributed by atoms with Crippen LogP contribution in [0.2, 0.25) is 0 Å². The molecule has 8 nitrogen and oxygen atoms in total. The first-order chi connectivity index (χ1) is 23.6. The van der Waals surface area contributed by atoms with Crippen molar-refractivity contribution in [2.45, 2.75) is 167 Å². The van der Waals surface area contributed by atoms with Crippen LogP contribution < -0.4 is 5.11 Å². The predicted octanol–water partition coefficient (Wildman–Crippen LogP) is 8.57. The third-order valence-electron chi connectivity index (χ3n) is 8.53. The molecule has 0 rings (SSSR count). The van der Waals surface area contributed by atoms with Crippen LogP contribution in [0.1, 0.15) is 155 Å². The number of quaternary nitrogens is 1. The van der Waals surface area contributed by atoms with Gasteiger partial charge in [0.15, 0.2) is 6.10 Å². The normalized spacial score (nSPS) is 13.4. The highest BCUT2D eigenvalue weighted by atomic mass is 16.6. The largest absolute Gasteiger partial charge is 0.544 e. The van der Waals surface area contributed by atoms with Gasteiger partial charge >= 0.3 is 11.9 Å². The van der Waals surface area contributed by atoms with Gasteiger partial charge in [-0.15, -0.1) is 0 Å². The van der Waals surface area contributed by atoms with Crippen LogP contribution in [-0.2, 0) is 28.6 Å². The van der Waals surface area contributed by atoms with E-state index in [1.165, 1.54) is 77.0 Å². The van der Waals surface area contributed by atoms with Gasteiger partial charge in [-0.25, -0.2) is 0 Å². The van der Waals surface area contributed by atoms with Gasteiger partial charge in [-0.3, -0.25) is 9.59 Å². The predicted molar refractivity (Wildman–Crippen MR) is 199 cm³/mol. The topological polar surface area (TPSA) is 102 Å². The summed E-state index contributed by atoms with van der Waals surface area (Å²) in [4.78, 5) is 36.5. The molecule has 0 aromatic heterocycles. The van der Waals surface area contributed by atoms with E-state index in [9.17, 15) is 19.5 Å². The molecule has 0 saturated heterocycles. The van der Waals surface area contributed by atoms with Crippen LogP contribution in [-0.4, -0.2) is 75.5 Å². The van der Waals surface area contributed by atoms with Crippen molar-refractivity contribution in [3.05, 3.63) is 36.5 Å². The quantitative estimate of drug-likeness (QED) is 0.0288. The fourth-order valence-electron chi connectivity index (χ4n) is 5.44. The lowest BCUT2D eigenvalue weighted by molar-refractivity contribution is -0.889. The second kappa shape index (κ2) is 32.7. The Morgan fingerprint density at radius 3 is 1.65 bits per heavy atom. The first-order valence-corrected chi connectivity index (χ1v) is 19.5. The summed E-state index contributed by atoms with van der Waals surface area (Å²) < 4.78 is 17.0. The summed E-state index contributed by atoms with van der Waals surface area (Å²) in [5.41, 5.74) is 0. The standard InChI is InChI=1S/C41H73NO7/c1-6-8-10-12-14-16-17-18-19-20-21-22-23-24-26-28-30-32-40(44)49-37(35-47-34-33-38(41(45)46)42(3,4)5)36-48-39(43)31-29-27-25-15-13-11-9-7-2/h18-19,21-22,24,26,37-38H,6-17,20,23,25,27-36H2,1-5H3/b19-18+,22-21+,26-24+. The van der Waals surface area contributed by atoms with Crippen LogP contribution in [0.3, 0.4) is 0 Å². The zero-order chi connectivity index (χ0) is 36.4. The van der Waals surface area contributed by atoms with Gasteiger partial charge in [-0.2, -0.15) is 0 Å². The molecule has 0 aliphatic rings. The molecular weight excluding hydrogens is 618 g/mol. The summed E-state index contributed by atoms with van der Waals surface area (Å²) in [6.45, 7) is 4.55. The number of hydrogen-bond donors (Lipinski definition) is 0. The first kappa shape index (κ1) is 46.5. The maximum Gasteiger partial charge on any atom is 0.306 e. The Kier molecular flexibility index (Phi) is 31.1. The van der Waals surface area contributed by atoms with Gasteiger partial charge in [0.1, 0.15) is 12.6 Å². The van der Waals surface area contributed by atoms with Crippen molar-refractivity contribution in [1.29, 1.82) is 0 Å². The monoisotopic (exact) mass is 692 g/mol. The number of carboxylic acids is 1. The Morgan fingerprint density at radius 1 is 0.612 bits per heavy atom. The van der Waals surface area contributed by atoms with E-state index in [2.05, 4.69) is 50.3 Å². The number of carboxylic acid groups (broad SMARTS) is 1. The minimum atomic E-state index is -1.13. The van der Waals surface area contributed by atoms with E-state index in [4.69, 9.17) is 14.2 Å². The number of nitrogens with zero attached hydrogens (tertiary/aromatic N) is 1. The summed E-state index contributed by atoms with van der Waals surface area (Å²) in [6, 6.07) is -0.731. The molecule has 0 saturated carbocycles. The summed E-state index contributed by atoms with van der Waals surface area (Å²) in [7, 11) is 5.37. The van der Waals surface area contributed by atoms with E-state index in [0.29, 0.717) is 12.8 Å². The number of carbonyl (C=O) groups excluding carboxylic acids is 3. The molecule has 0 fully saturated rings. The molecule has 0 spiro atoms. The van der Waals surface area contributed by atoms with E-state index < -0.39 is 18.1 Å². The molecule has 284 valence electrons. The van der Waals surface area contributed by atoms with Gasteiger partial charge in [0.2, 0.25) is 0 Å². The highest BCUT2D eigenvalue weighted by molar-refractivity contribution is 5.70. The summed E-state index contributed by atoms with van der Waals surface area (Å²) in [6.07, 6.45) is 34.7. The third-order valence-corrected chi connectivity index (χ3v) is 8.53. The Bertz CT molecular complexity index is 906. The third kappa shape index (κ3) is 31.3. The van der Waals surface area contributed by atoms with Crippen LogP contribution in [0.5, 0.6) is 0 Å². The molecule has 0 aromatic carbocycles. The molecule has 0 aliphatic carbocycles. The minimum Gasteiger partial charge on any atom is -0.544 e. The van der Waals surface area contributed by atoms with Gasteiger partial charge in [-0.1, -0.05) is 127 Å². The van der Waals surface area contributed by atoms with Crippen LogP contribution >= 0.6 is 0 Å². The van der Waals surface area contributed by atoms with Crippen LogP contribution in [0.25, 0.3) is 0 Å². The molecule has 0 heterocycles. The summed E-state index contributed by atoms with van der Waals surface area (Å²) in [5.74, 6) is -1.81. The summed E-state index contributed by atoms with van der Waals surface area (Å²) in [5, 5.41) is 11.6. The molecule has 0 aromatic rings. The van der Waals surface area contributed by atoms with Crippen LogP contribution in [0, 0.1) is 0 Å². The average Bonchev–Trinajstić information content (AvgIpc) is 3.05. The molecule has 2 unspecified atom stereocenters. The van der Waals surface area contributed by atoms with Gasteiger partial charge in [0.05, 0.1) is 40.3 Å². The zero-order valence-corrected chi connectivity index (χ0v) is 32.1. The van der Waals surface area contributed by atoms with Gasteiger partial charge < -0.3 is 28.6 Å². The number of rotatable bonds is 34. The molecule has 49 heavy (non-hydrogen) atoms.